The summed E-state index contributed by atoms with van der Waals surface area (Å²) in [6.07, 6.45) is 3.22. The van der Waals surface area contributed by atoms with Gasteiger partial charge in [-0.2, -0.15) is 0 Å². The number of fused-ring (bicyclic) bond motifs is 1. The van der Waals surface area contributed by atoms with E-state index >= 15 is 0 Å². The van der Waals surface area contributed by atoms with Crippen molar-refractivity contribution in [3.63, 3.8) is 0 Å². The number of non-ortho nitro benzene ring substituents is 1. The third-order valence-electron chi connectivity index (χ3n) is 3.53. The number of benzene rings is 2. The number of hydrogen-bond acceptors (Lipinski definition) is 4. The zero-order valence-corrected chi connectivity index (χ0v) is 12.5. The number of anilines is 2. The molecule has 2 amide bonds. The summed E-state index contributed by atoms with van der Waals surface area (Å²) in [7, 11) is 0. The summed E-state index contributed by atoms with van der Waals surface area (Å²) in [6.45, 7) is 0. The average molecular weight is 323 g/mol. The summed E-state index contributed by atoms with van der Waals surface area (Å²) in [6, 6.07) is 11.1. The number of nitrogens with one attached hydrogen (secondary N) is 2. The second-order valence-electron chi connectivity index (χ2n) is 5.27. The topological polar surface area (TPSA) is 101 Å². The normalized spacial score (nSPS) is 12.8. The van der Waals surface area contributed by atoms with Gasteiger partial charge in [-0.25, -0.2) is 0 Å². The molecular weight excluding hydrogens is 310 g/mol. The molecule has 0 fully saturated rings. The quantitative estimate of drug-likeness (QED) is 0.513. The predicted molar refractivity (Wildman–Crippen MR) is 89.5 cm³/mol. The van der Waals surface area contributed by atoms with Gasteiger partial charge in [-0.15, -0.1) is 0 Å². The molecule has 3 rings (SSSR count). The first-order valence-corrected chi connectivity index (χ1v) is 7.17. The molecule has 0 aliphatic carbocycles. The Labute approximate surface area is 137 Å². The summed E-state index contributed by atoms with van der Waals surface area (Å²) in [5, 5.41) is 16.0. The molecule has 120 valence electrons. The minimum atomic E-state index is -0.479. The van der Waals surface area contributed by atoms with Crippen molar-refractivity contribution in [3.8, 4) is 0 Å². The van der Waals surface area contributed by atoms with Crippen LogP contribution >= 0.6 is 0 Å². The second kappa shape index (κ2) is 6.33. The highest BCUT2D eigenvalue weighted by molar-refractivity contribution is 6.03. The first kappa shape index (κ1) is 15.4. The van der Waals surface area contributed by atoms with E-state index in [1.54, 1.807) is 36.4 Å². The lowest BCUT2D eigenvalue weighted by molar-refractivity contribution is -0.384. The minimum absolute atomic E-state index is 0.00195. The molecule has 2 N–H and O–H groups in total. The molecule has 7 heteroatoms. The average Bonchev–Trinajstić information content (AvgIpc) is 2.92. The van der Waals surface area contributed by atoms with E-state index < -0.39 is 4.92 Å². The zero-order chi connectivity index (χ0) is 17.1. The van der Waals surface area contributed by atoms with Crippen LogP contribution in [0.1, 0.15) is 11.1 Å². The molecular formula is C17H13N3O4. The molecule has 7 nitrogen and oxygen atoms in total. The van der Waals surface area contributed by atoms with Crippen LogP contribution in [0, 0.1) is 10.1 Å². The molecule has 1 aliphatic heterocycles. The van der Waals surface area contributed by atoms with Crippen molar-refractivity contribution in [2.24, 2.45) is 0 Å². The molecule has 2 aromatic carbocycles. The van der Waals surface area contributed by atoms with E-state index in [0.717, 1.165) is 11.3 Å². The molecule has 1 heterocycles. The fourth-order valence-electron chi connectivity index (χ4n) is 2.37. The van der Waals surface area contributed by atoms with Crippen molar-refractivity contribution in [1.29, 1.82) is 0 Å². The Hall–Kier alpha value is -3.48. The maximum absolute atomic E-state index is 11.9. The van der Waals surface area contributed by atoms with Gasteiger partial charge in [-0.05, 0) is 47.5 Å². The fourth-order valence-corrected chi connectivity index (χ4v) is 2.37. The number of carbonyl (C=O) groups is 2. The maximum atomic E-state index is 11.9. The molecule has 0 radical (unpaired) electrons. The van der Waals surface area contributed by atoms with E-state index in [2.05, 4.69) is 10.6 Å². The van der Waals surface area contributed by atoms with Crippen LogP contribution in [0.5, 0.6) is 0 Å². The highest BCUT2D eigenvalue weighted by Crippen LogP contribution is 2.26. The summed E-state index contributed by atoms with van der Waals surface area (Å²) in [4.78, 5) is 33.3. The highest BCUT2D eigenvalue weighted by Gasteiger charge is 2.17. The molecule has 0 atom stereocenters. The van der Waals surface area contributed by atoms with Crippen molar-refractivity contribution in [3.05, 3.63) is 69.8 Å². The van der Waals surface area contributed by atoms with Crippen LogP contribution in [0.15, 0.2) is 48.5 Å². The largest absolute Gasteiger partial charge is 0.326 e. The standard InChI is InChI=1S/C17H13N3O4/c21-16(8-3-11-1-5-14(6-2-11)20(23)24)18-13-4-7-15-12(9-13)10-17(22)19-15/h1-9H,10H2,(H,18,21)(H,19,22)/b8-3+. The Morgan fingerprint density at radius 2 is 1.96 bits per heavy atom. The number of carbonyl (C=O) groups excluding carboxylic acids is 2. The number of nitrogens with zero attached hydrogens (tertiary/aromatic N) is 1. The Morgan fingerprint density at radius 3 is 2.67 bits per heavy atom. The van der Waals surface area contributed by atoms with Gasteiger partial charge >= 0.3 is 0 Å². The Balaban J connectivity index is 1.64. The van der Waals surface area contributed by atoms with Gasteiger partial charge in [0.2, 0.25) is 11.8 Å². The van der Waals surface area contributed by atoms with Crippen LogP contribution in [-0.4, -0.2) is 16.7 Å². The van der Waals surface area contributed by atoms with Crippen LogP contribution in [-0.2, 0) is 16.0 Å². The molecule has 2 aromatic rings. The van der Waals surface area contributed by atoms with Gasteiger partial charge in [-0.1, -0.05) is 0 Å². The van der Waals surface area contributed by atoms with E-state index in [9.17, 15) is 19.7 Å². The van der Waals surface area contributed by atoms with Crippen LogP contribution in [0.3, 0.4) is 0 Å². The van der Waals surface area contributed by atoms with Gasteiger partial charge < -0.3 is 10.6 Å². The van der Waals surface area contributed by atoms with Gasteiger partial charge in [0, 0.05) is 29.6 Å². The first-order valence-electron chi connectivity index (χ1n) is 7.17. The lowest BCUT2D eigenvalue weighted by Crippen LogP contribution is -2.07. The molecule has 0 saturated heterocycles. The molecule has 0 spiro atoms. The van der Waals surface area contributed by atoms with Gasteiger partial charge in [0.05, 0.1) is 11.3 Å². The smallest absolute Gasteiger partial charge is 0.269 e. The van der Waals surface area contributed by atoms with E-state index in [4.69, 9.17) is 0 Å². The Kier molecular flexibility index (Phi) is 4.07. The van der Waals surface area contributed by atoms with Crippen LogP contribution < -0.4 is 10.6 Å². The number of nitro groups is 1. The van der Waals surface area contributed by atoms with Crippen molar-refractivity contribution in [1.82, 2.24) is 0 Å². The van der Waals surface area contributed by atoms with Crippen LogP contribution in [0.25, 0.3) is 6.08 Å². The highest BCUT2D eigenvalue weighted by atomic mass is 16.6. The van der Waals surface area contributed by atoms with Crippen molar-refractivity contribution in [2.45, 2.75) is 6.42 Å². The van der Waals surface area contributed by atoms with Crippen LogP contribution in [0.4, 0.5) is 17.1 Å². The molecule has 24 heavy (non-hydrogen) atoms. The van der Waals surface area contributed by atoms with E-state index in [1.165, 1.54) is 18.2 Å². The minimum Gasteiger partial charge on any atom is -0.326 e. The number of nitro benzene ring substituents is 1. The molecule has 1 aliphatic rings. The Bertz CT molecular complexity index is 857. The van der Waals surface area contributed by atoms with Gasteiger partial charge in [0.15, 0.2) is 0 Å². The summed E-state index contributed by atoms with van der Waals surface area (Å²) < 4.78 is 0. The summed E-state index contributed by atoms with van der Waals surface area (Å²) >= 11 is 0. The number of rotatable bonds is 4. The van der Waals surface area contributed by atoms with Crippen molar-refractivity contribution < 1.29 is 14.5 Å². The zero-order valence-electron chi connectivity index (χ0n) is 12.5. The maximum Gasteiger partial charge on any atom is 0.269 e. The van der Waals surface area contributed by atoms with Gasteiger partial charge in [-0.3, -0.25) is 19.7 Å². The second-order valence-corrected chi connectivity index (χ2v) is 5.27. The van der Waals surface area contributed by atoms with Gasteiger partial charge in [0.1, 0.15) is 0 Å². The molecule has 0 unspecified atom stereocenters. The molecule has 0 aromatic heterocycles. The first-order chi connectivity index (χ1) is 11.5. The third kappa shape index (κ3) is 3.46. The van der Waals surface area contributed by atoms with Crippen molar-refractivity contribution in [2.75, 3.05) is 10.6 Å². The van der Waals surface area contributed by atoms with E-state index in [-0.39, 0.29) is 17.5 Å². The Morgan fingerprint density at radius 1 is 1.21 bits per heavy atom. The lowest BCUT2D eigenvalue weighted by atomic mass is 10.1. The fraction of sp³-hybridized carbons (Fsp3) is 0.0588. The van der Waals surface area contributed by atoms with Crippen molar-refractivity contribution >= 4 is 35.0 Å². The lowest BCUT2D eigenvalue weighted by Gasteiger charge is -2.04. The SMILES string of the molecule is O=C(/C=C/c1ccc([N+](=O)[O-])cc1)Nc1ccc2c(c1)CC(=O)N2. The third-order valence-corrected chi connectivity index (χ3v) is 3.53. The molecule has 0 saturated carbocycles. The predicted octanol–water partition coefficient (Wildman–Crippen LogP) is 2.74. The summed E-state index contributed by atoms with van der Waals surface area (Å²) in [5.74, 6) is -0.392. The summed E-state index contributed by atoms with van der Waals surface area (Å²) in [5.41, 5.74) is 2.89. The van der Waals surface area contributed by atoms with E-state index in [0.29, 0.717) is 17.7 Å². The van der Waals surface area contributed by atoms with Gasteiger partial charge in [0.25, 0.3) is 5.69 Å². The van der Waals surface area contributed by atoms with Crippen LogP contribution in [0.2, 0.25) is 0 Å². The number of hydrogen-bond donors (Lipinski definition) is 2. The number of amides is 2. The molecule has 0 bridgehead atoms. The monoisotopic (exact) mass is 323 g/mol. The van der Waals surface area contributed by atoms with E-state index in [1.807, 2.05) is 0 Å².